The molecule has 0 radical (unpaired) electrons. The number of rotatable bonds is 2. The highest BCUT2D eigenvalue weighted by molar-refractivity contribution is 5.53. The van der Waals surface area contributed by atoms with Crippen LogP contribution in [0.25, 0.3) is 0 Å². The van der Waals surface area contributed by atoms with Crippen molar-refractivity contribution in [3.8, 4) is 6.07 Å². The van der Waals surface area contributed by atoms with Crippen molar-refractivity contribution in [2.75, 3.05) is 18.0 Å². The fourth-order valence-electron chi connectivity index (χ4n) is 2.63. The third-order valence-electron chi connectivity index (χ3n) is 4.52. The lowest BCUT2D eigenvalue weighted by molar-refractivity contribution is 0.238. The molecular weight excluding hydrogens is 220 g/mol. The standard InChI is InChI=1S/C16H22N2/c1-4-16(3)7-9-18(10-8-16)15-6-5-14(12-17)13(2)11-15/h5-6,11H,4,7-10H2,1-3H3. The summed E-state index contributed by atoms with van der Waals surface area (Å²) in [6.07, 6.45) is 3.80. The van der Waals surface area contributed by atoms with Crippen molar-refractivity contribution in [2.45, 2.75) is 40.0 Å². The molecule has 0 atom stereocenters. The van der Waals surface area contributed by atoms with Crippen LogP contribution in [0.5, 0.6) is 0 Å². The van der Waals surface area contributed by atoms with Gasteiger partial charge in [-0.2, -0.15) is 5.26 Å². The van der Waals surface area contributed by atoms with Crippen LogP contribution in [0.2, 0.25) is 0 Å². The van der Waals surface area contributed by atoms with E-state index < -0.39 is 0 Å². The summed E-state index contributed by atoms with van der Waals surface area (Å²) in [6.45, 7) is 8.98. The Labute approximate surface area is 110 Å². The Balaban J connectivity index is 2.11. The van der Waals surface area contributed by atoms with Crippen LogP contribution in [0.3, 0.4) is 0 Å². The largest absolute Gasteiger partial charge is 0.371 e. The van der Waals surface area contributed by atoms with Gasteiger partial charge in [0.1, 0.15) is 0 Å². The van der Waals surface area contributed by atoms with Gasteiger partial charge in [0.15, 0.2) is 0 Å². The fraction of sp³-hybridized carbons (Fsp3) is 0.562. The van der Waals surface area contributed by atoms with Crippen molar-refractivity contribution < 1.29 is 0 Å². The molecule has 0 aromatic heterocycles. The Hall–Kier alpha value is -1.49. The van der Waals surface area contributed by atoms with Crippen LogP contribution >= 0.6 is 0 Å². The minimum Gasteiger partial charge on any atom is -0.371 e. The van der Waals surface area contributed by atoms with Crippen LogP contribution in [0.4, 0.5) is 5.69 Å². The summed E-state index contributed by atoms with van der Waals surface area (Å²) in [4.78, 5) is 2.45. The molecule has 18 heavy (non-hydrogen) atoms. The highest BCUT2D eigenvalue weighted by Gasteiger charge is 2.28. The third kappa shape index (κ3) is 2.51. The summed E-state index contributed by atoms with van der Waals surface area (Å²) >= 11 is 0. The first-order chi connectivity index (χ1) is 8.58. The predicted molar refractivity (Wildman–Crippen MR) is 75.7 cm³/mol. The lowest BCUT2D eigenvalue weighted by atomic mass is 9.78. The van der Waals surface area contributed by atoms with Gasteiger partial charge in [0.25, 0.3) is 0 Å². The number of hydrogen-bond acceptors (Lipinski definition) is 2. The second-order valence-corrected chi connectivity index (χ2v) is 5.76. The first-order valence-corrected chi connectivity index (χ1v) is 6.84. The van der Waals surface area contributed by atoms with Crippen LogP contribution in [0.1, 0.15) is 44.2 Å². The molecule has 0 aliphatic carbocycles. The number of nitriles is 1. The van der Waals surface area contributed by atoms with Gasteiger partial charge in [-0.15, -0.1) is 0 Å². The topological polar surface area (TPSA) is 27.0 Å². The number of benzene rings is 1. The zero-order valence-corrected chi connectivity index (χ0v) is 11.7. The van der Waals surface area contributed by atoms with E-state index in [1.54, 1.807) is 0 Å². The van der Waals surface area contributed by atoms with Gasteiger partial charge in [0.2, 0.25) is 0 Å². The Kier molecular flexibility index (Phi) is 3.61. The van der Waals surface area contributed by atoms with Gasteiger partial charge in [0, 0.05) is 18.8 Å². The molecule has 1 heterocycles. The molecule has 2 heteroatoms. The van der Waals surface area contributed by atoms with Crippen molar-refractivity contribution in [3.63, 3.8) is 0 Å². The van der Waals surface area contributed by atoms with Crippen LogP contribution in [0.15, 0.2) is 18.2 Å². The van der Waals surface area contributed by atoms with E-state index in [-0.39, 0.29) is 0 Å². The minimum atomic E-state index is 0.526. The van der Waals surface area contributed by atoms with E-state index in [4.69, 9.17) is 5.26 Å². The lowest BCUT2D eigenvalue weighted by Crippen LogP contribution is -2.38. The van der Waals surface area contributed by atoms with Gasteiger partial charge in [-0.25, -0.2) is 0 Å². The molecule has 1 saturated heterocycles. The average molecular weight is 242 g/mol. The van der Waals surface area contributed by atoms with Gasteiger partial charge in [-0.3, -0.25) is 0 Å². The summed E-state index contributed by atoms with van der Waals surface area (Å²) in [5.41, 5.74) is 3.66. The Morgan fingerprint density at radius 1 is 1.33 bits per heavy atom. The highest BCUT2D eigenvalue weighted by atomic mass is 15.1. The van der Waals surface area contributed by atoms with E-state index in [1.165, 1.54) is 24.9 Å². The molecule has 1 aromatic carbocycles. The molecule has 1 fully saturated rings. The summed E-state index contributed by atoms with van der Waals surface area (Å²) in [5.74, 6) is 0. The maximum Gasteiger partial charge on any atom is 0.0994 e. The highest BCUT2D eigenvalue weighted by Crippen LogP contribution is 2.35. The van der Waals surface area contributed by atoms with Crippen molar-refractivity contribution in [2.24, 2.45) is 5.41 Å². The van der Waals surface area contributed by atoms with Gasteiger partial charge in [-0.05, 0) is 48.9 Å². The second-order valence-electron chi connectivity index (χ2n) is 5.76. The molecule has 1 aliphatic heterocycles. The van der Waals surface area contributed by atoms with E-state index in [2.05, 4.69) is 36.9 Å². The first kappa shape index (κ1) is 13.0. The van der Waals surface area contributed by atoms with E-state index in [9.17, 15) is 0 Å². The predicted octanol–water partition coefficient (Wildman–Crippen LogP) is 3.88. The molecule has 1 aliphatic rings. The van der Waals surface area contributed by atoms with Gasteiger partial charge < -0.3 is 4.90 Å². The zero-order chi connectivity index (χ0) is 13.2. The summed E-state index contributed by atoms with van der Waals surface area (Å²) in [7, 11) is 0. The Morgan fingerprint density at radius 3 is 2.50 bits per heavy atom. The Bertz CT molecular complexity index is 462. The molecule has 2 rings (SSSR count). The molecule has 0 bridgehead atoms. The van der Waals surface area contributed by atoms with Crippen molar-refractivity contribution in [1.82, 2.24) is 0 Å². The van der Waals surface area contributed by atoms with E-state index in [1.807, 2.05) is 13.0 Å². The molecule has 0 amide bonds. The average Bonchev–Trinajstić information content (AvgIpc) is 2.39. The van der Waals surface area contributed by atoms with Crippen LogP contribution in [-0.4, -0.2) is 13.1 Å². The van der Waals surface area contributed by atoms with E-state index in [0.717, 1.165) is 24.2 Å². The van der Waals surface area contributed by atoms with Crippen LogP contribution < -0.4 is 4.90 Å². The molecule has 0 saturated carbocycles. The SMILES string of the molecule is CCC1(C)CCN(c2ccc(C#N)c(C)c2)CC1. The van der Waals surface area contributed by atoms with E-state index in [0.29, 0.717) is 5.41 Å². The van der Waals surface area contributed by atoms with Gasteiger partial charge in [0.05, 0.1) is 11.6 Å². The van der Waals surface area contributed by atoms with Gasteiger partial charge in [-0.1, -0.05) is 20.3 Å². The van der Waals surface area contributed by atoms with Crippen molar-refractivity contribution in [1.29, 1.82) is 5.26 Å². The number of hydrogen-bond donors (Lipinski definition) is 0. The first-order valence-electron chi connectivity index (χ1n) is 6.84. The molecule has 0 unspecified atom stereocenters. The summed E-state index contributed by atoms with van der Waals surface area (Å²) in [6, 6.07) is 8.40. The number of anilines is 1. The second kappa shape index (κ2) is 5.02. The molecule has 96 valence electrons. The summed E-state index contributed by atoms with van der Waals surface area (Å²) in [5, 5.41) is 8.96. The number of piperidine rings is 1. The Morgan fingerprint density at radius 2 is 2.00 bits per heavy atom. The molecule has 1 aromatic rings. The summed E-state index contributed by atoms with van der Waals surface area (Å²) < 4.78 is 0. The van der Waals surface area contributed by atoms with Crippen molar-refractivity contribution >= 4 is 5.69 Å². The molecular formula is C16H22N2. The third-order valence-corrected chi connectivity index (χ3v) is 4.52. The number of aryl methyl sites for hydroxylation is 1. The quantitative estimate of drug-likeness (QED) is 0.787. The molecule has 2 nitrogen and oxygen atoms in total. The zero-order valence-electron chi connectivity index (χ0n) is 11.7. The monoisotopic (exact) mass is 242 g/mol. The van der Waals surface area contributed by atoms with Crippen LogP contribution in [0, 0.1) is 23.7 Å². The van der Waals surface area contributed by atoms with Crippen LogP contribution in [-0.2, 0) is 0 Å². The molecule has 0 spiro atoms. The number of nitrogens with zero attached hydrogens (tertiary/aromatic N) is 2. The fourth-order valence-corrected chi connectivity index (χ4v) is 2.63. The lowest BCUT2D eigenvalue weighted by Gasteiger charge is -2.40. The molecule has 0 N–H and O–H groups in total. The van der Waals surface area contributed by atoms with Gasteiger partial charge >= 0.3 is 0 Å². The smallest absolute Gasteiger partial charge is 0.0994 e. The normalized spacial score (nSPS) is 18.4. The van der Waals surface area contributed by atoms with Crippen molar-refractivity contribution in [3.05, 3.63) is 29.3 Å². The maximum atomic E-state index is 8.96. The maximum absolute atomic E-state index is 8.96. The minimum absolute atomic E-state index is 0.526. The van der Waals surface area contributed by atoms with E-state index >= 15 is 0 Å².